The van der Waals surface area contributed by atoms with E-state index >= 15 is 0 Å². The summed E-state index contributed by atoms with van der Waals surface area (Å²) in [6.07, 6.45) is 2.08. The minimum Gasteiger partial charge on any atom is -0.361 e. The number of hydrogen-bond donors (Lipinski definition) is 1. The molecule has 0 aliphatic carbocycles. The number of aromatic nitrogens is 3. The van der Waals surface area contributed by atoms with Crippen LogP contribution in [0.25, 0.3) is 22.4 Å². The summed E-state index contributed by atoms with van der Waals surface area (Å²) in [5.41, 5.74) is 2.92. The predicted molar refractivity (Wildman–Crippen MR) is 102 cm³/mol. The average molecular weight is 376 g/mol. The first kappa shape index (κ1) is 16.7. The molecule has 4 aromatic rings. The van der Waals surface area contributed by atoms with Gasteiger partial charge in [0.2, 0.25) is 5.91 Å². The highest BCUT2D eigenvalue weighted by molar-refractivity contribution is 5.96. The van der Waals surface area contributed by atoms with Crippen LogP contribution in [0.5, 0.6) is 0 Å². The molecule has 2 aromatic heterocycles. The van der Waals surface area contributed by atoms with E-state index in [4.69, 9.17) is 4.52 Å². The van der Waals surface area contributed by atoms with E-state index in [-0.39, 0.29) is 18.2 Å². The van der Waals surface area contributed by atoms with Crippen molar-refractivity contribution in [2.24, 2.45) is 0 Å². The van der Waals surface area contributed by atoms with Gasteiger partial charge in [0.25, 0.3) is 5.89 Å². The van der Waals surface area contributed by atoms with Crippen LogP contribution < -0.4 is 4.90 Å². The number of aromatic amines is 1. The first-order valence-corrected chi connectivity index (χ1v) is 9.07. The zero-order chi connectivity index (χ0) is 19.3. The average Bonchev–Trinajstić information content (AvgIpc) is 3.40. The molecule has 1 amide bonds. The van der Waals surface area contributed by atoms with Crippen molar-refractivity contribution in [3.05, 3.63) is 65.9 Å². The van der Waals surface area contributed by atoms with Crippen LogP contribution >= 0.6 is 0 Å². The number of carbonyl (C=O) groups is 1. The van der Waals surface area contributed by atoms with Gasteiger partial charge in [-0.1, -0.05) is 17.3 Å². The van der Waals surface area contributed by atoms with Gasteiger partial charge in [-0.05, 0) is 42.8 Å². The van der Waals surface area contributed by atoms with Crippen LogP contribution in [0.15, 0.2) is 53.2 Å². The van der Waals surface area contributed by atoms with E-state index in [0.29, 0.717) is 23.9 Å². The number of rotatable bonds is 3. The Morgan fingerprint density at radius 2 is 2.14 bits per heavy atom. The second kappa shape index (κ2) is 6.30. The summed E-state index contributed by atoms with van der Waals surface area (Å²) in [6, 6.07) is 12.6. The van der Waals surface area contributed by atoms with Crippen LogP contribution in [0.4, 0.5) is 10.1 Å². The molecule has 140 valence electrons. The lowest BCUT2D eigenvalue weighted by Gasteiger charge is -2.17. The van der Waals surface area contributed by atoms with Crippen LogP contribution in [-0.2, 0) is 4.79 Å². The number of amides is 1. The Bertz CT molecular complexity index is 1200. The number of H-pyrrole nitrogens is 1. The highest BCUT2D eigenvalue weighted by Crippen LogP contribution is 2.34. The number of aryl methyl sites for hydroxylation is 1. The van der Waals surface area contributed by atoms with E-state index < -0.39 is 5.82 Å². The molecule has 7 heteroatoms. The number of halogens is 1. The monoisotopic (exact) mass is 376 g/mol. The quantitative estimate of drug-likeness (QED) is 0.582. The molecule has 6 nitrogen and oxygen atoms in total. The van der Waals surface area contributed by atoms with Crippen molar-refractivity contribution in [1.29, 1.82) is 0 Å². The SMILES string of the molecule is Cc1ccc(N2CC(c3noc(-c4cccc5[nH]ccc45)n3)CC2=O)c(F)c1. The molecule has 0 bridgehead atoms. The molecule has 0 spiro atoms. The van der Waals surface area contributed by atoms with Crippen molar-refractivity contribution in [3.63, 3.8) is 0 Å². The minimum atomic E-state index is -0.401. The van der Waals surface area contributed by atoms with E-state index in [1.807, 2.05) is 37.4 Å². The molecule has 1 unspecified atom stereocenters. The van der Waals surface area contributed by atoms with Gasteiger partial charge in [-0.3, -0.25) is 4.79 Å². The Balaban J connectivity index is 1.44. The molecule has 1 saturated heterocycles. The van der Waals surface area contributed by atoms with E-state index in [9.17, 15) is 9.18 Å². The molecule has 28 heavy (non-hydrogen) atoms. The maximum Gasteiger partial charge on any atom is 0.258 e. The number of hydrogen-bond acceptors (Lipinski definition) is 4. The van der Waals surface area contributed by atoms with Gasteiger partial charge in [0.15, 0.2) is 5.82 Å². The van der Waals surface area contributed by atoms with Gasteiger partial charge < -0.3 is 14.4 Å². The van der Waals surface area contributed by atoms with Crippen LogP contribution in [-0.4, -0.2) is 27.6 Å². The number of carbonyl (C=O) groups excluding carboxylic acids is 1. The van der Waals surface area contributed by atoms with E-state index in [2.05, 4.69) is 15.1 Å². The molecule has 1 fully saturated rings. The van der Waals surface area contributed by atoms with E-state index in [0.717, 1.165) is 22.0 Å². The molecule has 1 atom stereocenters. The van der Waals surface area contributed by atoms with Crippen molar-refractivity contribution in [2.45, 2.75) is 19.3 Å². The van der Waals surface area contributed by atoms with Crippen molar-refractivity contribution in [3.8, 4) is 11.5 Å². The normalized spacial score (nSPS) is 17.0. The summed E-state index contributed by atoms with van der Waals surface area (Å²) in [5.74, 6) is 0.0865. The summed E-state index contributed by atoms with van der Waals surface area (Å²) < 4.78 is 19.8. The third-order valence-corrected chi connectivity index (χ3v) is 5.15. The lowest BCUT2D eigenvalue weighted by atomic mass is 10.1. The second-order valence-electron chi connectivity index (χ2n) is 7.06. The fraction of sp³-hybridized carbons (Fsp3) is 0.190. The molecule has 1 aliphatic rings. The summed E-state index contributed by atoms with van der Waals surface area (Å²) in [5, 5.41) is 5.09. The zero-order valence-electron chi connectivity index (χ0n) is 15.1. The second-order valence-corrected chi connectivity index (χ2v) is 7.06. The van der Waals surface area contributed by atoms with Crippen LogP contribution in [0.1, 0.15) is 23.7 Å². The Morgan fingerprint density at radius 3 is 3.00 bits per heavy atom. The van der Waals surface area contributed by atoms with Gasteiger partial charge in [0.1, 0.15) is 5.82 Å². The van der Waals surface area contributed by atoms with Gasteiger partial charge in [-0.15, -0.1) is 0 Å². The van der Waals surface area contributed by atoms with Crippen LogP contribution in [0, 0.1) is 12.7 Å². The molecule has 0 saturated carbocycles. The van der Waals surface area contributed by atoms with Gasteiger partial charge >= 0.3 is 0 Å². The number of anilines is 1. The van der Waals surface area contributed by atoms with Crippen molar-refractivity contribution in [1.82, 2.24) is 15.1 Å². The molecule has 5 rings (SSSR count). The fourth-order valence-corrected chi connectivity index (χ4v) is 3.73. The Labute approximate surface area is 160 Å². The van der Waals surface area contributed by atoms with Gasteiger partial charge in [0, 0.05) is 41.5 Å². The third kappa shape index (κ3) is 2.67. The number of nitrogens with one attached hydrogen (secondary N) is 1. The maximum atomic E-state index is 14.3. The molecule has 3 heterocycles. The first-order valence-electron chi connectivity index (χ1n) is 9.07. The molecule has 1 N–H and O–H groups in total. The smallest absolute Gasteiger partial charge is 0.258 e. The standard InChI is InChI=1S/C21H17FN4O2/c1-12-5-6-18(16(22)9-12)26-11-13(10-19(26)27)20-24-21(28-25-20)15-3-2-4-17-14(15)7-8-23-17/h2-9,13,23H,10-11H2,1H3. The van der Waals surface area contributed by atoms with Gasteiger partial charge in [0.05, 0.1) is 5.69 Å². The van der Waals surface area contributed by atoms with Crippen LogP contribution in [0.3, 0.4) is 0 Å². The topological polar surface area (TPSA) is 75.0 Å². The van der Waals surface area contributed by atoms with Crippen molar-refractivity contribution >= 4 is 22.5 Å². The van der Waals surface area contributed by atoms with E-state index in [1.165, 1.54) is 11.0 Å². The molecular weight excluding hydrogens is 359 g/mol. The largest absolute Gasteiger partial charge is 0.361 e. The third-order valence-electron chi connectivity index (χ3n) is 5.15. The summed E-state index contributed by atoms with van der Waals surface area (Å²) in [7, 11) is 0. The Hall–Kier alpha value is -3.48. The number of nitrogens with zero attached hydrogens (tertiary/aromatic N) is 3. The fourth-order valence-electron chi connectivity index (χ4n) is 3.73. The predicted octanol–water partition coefficient (Wildman–Crippen LogP) is 4.19. The van der Waals surface area contributed by atoms with Crippen molar-refractivity contribution in [2.75, 3.05) is 11.4 Å². The molecule has 0 radical (unpaired) electrons. The number of benzene rings is 2. The lowest BCUT2D eigenvalue weighted by molar-refractivity contribution is -0.117. The summed E-state index contributed by atoms with van der Waals surface area (Å²) >= 11 is 0. The maximum absolute atomic E-state index is 14.3. The zero-order valence-corrected chi connectivity index (χ0v) is 15.1. The summed E-state index contributed by atoms with van der Waals surface area (Å²) in [6.45, 7) is 2.14. The Kier molecular flexibility index (Phi) is 3.75. The highest BCUT2D eigenvalue weighted by atomic mass is 19.1. The van der Waals surface area contributed by atoms with Gasteiger partial charge in [-0.25, -0.2) is 4.39 Å². The molecule has 2 aromatic carbocycles. The first-order chi connectivity index (χ1) is 13.6. The molecular formula is C21H17FN4O2. The lowest BCUT2D eigenvalue weighted by Crippen LogP contribution is -2.25. The van der Waals surface area contributed by atoms with E-state index in [1.54, 1.807) is 12.1 Å². The van der Waals surface area contributed by atoms with Gasteiger partial charge in [-0.2, -0.15) is 4.98 Å². The van der Waals surface area contributed by atoms with Crippen LogP contribution in [0.2, 0.25) is 0 Å². The molecule has 1 aliphatic heterocycles. The number of fused-ring (bicyclic) bond motifs is 1. The van der Waals surface area contributed by atoms with Crippen molar-refractivity contribution < 1.29 is 13.7 Å². The highest BCUT2D eigenvalue weighted by Gasteiger charge is 2.35. The minimum absolute atomic E-state index is 0.146. The summed E-state index contributed by atoms with van der Waals surface area (Å²) in [4.78, 5) is 21.6. The Morgan fingerprint density at radius 1 is 1.25 bits per heavy atom.